The number of hydrogen-bond donors (Lipinski definition) is 2. The third-order valence-electron chi connectivity index (χ3n) is 3.76. The van der Waals surface area contributed by atoms with Gasteiger partial charge >= 0.3 is 0 Å². The highest BCUT2D eigenvalue weighted by atomic mass is 32.2. The molecule has 0 aromatic heterocycles. The number of nitriles is 1. The molecule has 0 spiro atoms. The molecule has 1 aliphatic rings. The van der Waals surface area contributed by atoms with E-state index in [1.807, 2.05) is 0 Å². The Bertz CT molecular complexity index is 765. The second kappa shape index (κ2) is 6.18. The van der Waals surface area contributed by atoms with Gasteiger partial charge in [-0.15, -0.1) is 0 Å². The average Bonchev–Trinajstić information content (AvgIpc) is 3.31. The summed E-state index contributed by atoms with van der Waals surface area (Å²) in [5.74, 6) is 0.0328. The molecule has 1 aromatic rings. The molecule has 1 saturated carbocycles. The van der Waals surface area contributed by atoms with Gasteiger partial charge in [0.15, 0.2) is 0 Å². The third-order valence-corrected chi connectivity index (χ3v) is 5.33. The van der Waals surface area contributed by atoms with Crippen LogP contribution in [0, 0.1) is 17.2 Å². The van der Waals surface area contributed by atoms with Crippen molar-refractivity contribution >= 4 is 21.6 Å². The van der Waals surface area contributed by atoms with Crippen molar-refractivity contribution in [2.75, 3.05) is 12.4 Å². The predicted molar refractivity (Wildman–Crippen MR) is 84.4 cm³/mol. The first-order valence-electron chi connectivity index (χ1n) is 7.12. The number of ether oxygens (including phenoxy) is 1. The molecular formula is C15H19N3O4S. The molecule has 1 fully saturated rings. The van der Waals surface area contributed by atoms with Gasteiger partial charge in [0.2, 0.25) is 15.9 Å². The summed E-state index contributed by atoms with van der Waals surface area (Å²) in [5.41, 5.74) is -0.875. The van der Waals surface area contributed by atoms with Crippen molar-refractivity contribution in [1.82, 2.24) is 4.72 Å². The van der Waals surface area contributed by atoms with Crippen molar-refractivity contribution in [3.63, 3.8) is 0 Å². The molecule has 1 atom stereocenters. The highest BCUT2D eigenvalue weighted by Crippen LogP contribution is 2.40. The van der Waals surface area contributed by atoms with Crippen LogP contribution in [0.5, 0.6) is 5.75 Å². The van der Waals surface area contributed by atoms with E-state index >= 15 is 0 Å². The van der Waals surface area contributed by atoms with E-state index in [2.05, 4.69) is 16.1 Å². The lowest BCUT2D eigenvalue weighted by Crippen LogP contribution is -2.46. The van der Waals surface area contributed by atoms with E-state index in [1.54, 1.807) is 6.92 Å². The van der Waals surface area contributed by atoms with Crippen LogP contribution in [0.3, 0.4) is 0 Å². The zero-order chi connectivity index (χ0) is 17.3. The molecule has 7 nitrogen and oxygen atoms in total. The van der Waals surface area contributed by atoms with Gasteiger partial charge < -0.3 is 10.1 Å². The van der Waals surface area contributed by atoms with Crippen LogP contribution in [-0.2, 0) is 14.8 Å². The fraction of sp³-hybridized carbons (Fsp3) is 0.467. The summed E-state index contributed by atoms with van der Waals surface area (Å²) < 4.78 is 32.7. The Kier molecular flexibility index (Phi) is 4.63. The second-order valence-corrected chi connectivity index (χ2v) is 7.42. The number of benzene rings is 1. The number of sulfonamides is 1. The predicted octanol–water partition coefficient (Wildman–Crippen LogP) is 1.62. The molecule has 1 amide bonds. The molecule has 1 aromatic carbocycles. The van der Waals surface area contributed by atoms with Crippen molar-refractivity contribution < 1.29 is 17.9 Å². The smallest absolute Gasteiger partial charge is 0.242 e. The lowest BCUT2D eigenvalue weighted by molar-refractivity contribution is -0.114. The van der Waals surface area contributed by atoms with Crippen molar-refractivity contribution in [1.29, 1.82) is 5.26 Å². The van der Waals surface area contributed by atoms with E-state index in [0.29, 0.717) is 5.75 Å². The van der Waals surface area contributed by atoms with Crippen molar-refractivity contribution in [2.24, 2.45) is 5.92 Å². The number of carbonyl (C=O) groups excluding carboxylic acids is 1. The summed E-state index contributed by atoms with van der Waals surface area (Å²) in [6.07, 6.45) is 1.65. The maximum Gasteiger partial charge on any atom is 0.242 e. The Morgan fingerprint density at radius 1 is 1.43 bits per heavy atom. The van der Waals surface area contributed by atoms with E-state index in [4.69, 9.17) is 4.74 Å². The van der Waals surface area contributed by atoms with Crippen molar-refractivity contribution in [3.05, 3.63) is 18.2 Å². The number of nitrogens with one attached hydrogen (secondary N) is 2. The number of amides is 1. The monoisotopic (exact) mass is 337 g/mol. The number of carbonyl (C=O) groups is 1. The van der Waals surface area contributed by atoms with Crippen LogP contribution in [0.15, 0.2) is 23.1 Å². The molecule has 0 aliphatic heterocycles. The van der Waals surface area contributed by atoms with E-state index in [1.165, 1.54) is 32.2 Å². The summed E-state index contributed by atoms with van der Waals surface area (Å²) in [5, 5.41) is 11.8. The molecule has 0 bridgehead atoms. The Morgan fingerprint density at radius 3 is 2.57 bits per heavy atom. The minimum absolute atomic E-state index is 0.0235. The topological polar surface area (TPSA) is 108 Å². The van der Waals surface area contributed by atoms with Gasteiger partial charge in [0.05, 0.1) is 23.8 Å². The van der Waals surface area contributed by atoms with Crippen molar-refractivity contribution in [3.8, 4) is 11.8 Å². The Labute approximate surface area is 135 Å². The molecule has 0 radical (unpaired) electrons. The van der Waals surface area contributed by atoms with Crippen LogP contribution < -0.4 is 14.8 Å². The summed E-state index contributed by atoms with van der Waals surface area (Å²) in [6.45, 7) is 2.90. The number of hydrogen-bond acceptors (Lipinski definition) is 5. The lowest BCUT2D eigenvalue weighted by atomic mass is 10.0. The molecule has 1 aliphatic carbocycles. The van der Waals surface area contributed by atoms with Crippen LogP contribution in [0.25, 0.3) is 0 Å². The Balaban J connectivity index is 2.36. The standard InChI is InChI=1S/C15H19N3O4S/c1-10(19)17-13-8-12(6-7-14(13)22-3)23(20,21)18-15(2,9-16)11-4-5-11/h6-8,11,18H,4-5H2,1-3H3,(H,17,19)/t15-/m0/s1. The summed E-state index contributed by atoms with van der Waals surface area (Å²) >= 11 is 0. The SMILES string of the molecule is COc1ccc(S(=O)(=O)N[C@@](C)(C#N)C2CC2)cc1NC(C)=O. The Hall–Kier alpha value is -2.11. The summed E-state index contributed by atoms with van der Waals surface area (Å²) in [4.78, 5) is 11.2. The van der Waals surface area contributed by atoms with E-state index in [0.717, 1.165) is 12.8 Å². The second-order valence-electron chi connectivity index (χ2n) is 5.74. The van der Waals surface area contributed by atoms with Gasteiger partial charge in [0.1, 0.15) is 11.3 Å². The molecule has 23 heavy (non-hydrogen) atoms. The van der Waals surface area contributed by atoms with E-state index in [-0.39, 0.29) is 22.4 Å². The van der Waals surface area contributed by atoms with Gasteiger partial charge in [-0.05, 0) is 43.9 Å². The van der Waals surface area contributed by atoms with Gasteiger partial charge in [-0.1, -0.05) is 0 Å². The lowest BCUT2D eigenvalue weighted by Gasteiger charge is -2.23. The van der Waals surface area contributed by atoms with Gasteiger partial charge in [-0.2, -0.15) is 9.98 Å². The van der Waals surface area contributed by atoms with Gasteiger partial charge in [0.25, 0.3) is 0 Å². The molecule has 124 valence electrons. The van der Waals surface area contributed by atoms with Crippen LogP contribution in [0.1, 0.15) is 26.7 Å². The van der Waals surface area contributed by atoms with Gasteiger partial charge in [-0.25, -0.2) is 8.42 Å². The molecule has 0 saturated heterocycles. The van der Waals surface area contributed by atoms with Gasteiger partial charge in [-0.3, -0.25) is 4.79 Å². The zero-order valence-corrected chi connectivity index (χ0v) is 14.0. The Morgan fingerprint density at radius 2 is 2.09 bits per heavy atom. The van der Waals surface area contributed by atoms with E-state index in [9.17, 15) is 18.5 Å². The quantitative estimate of drug-likeness (QED) is 0.820. The number of rotatable bonds is 6. The first kappa shape index (κ1) is 17.2. The molecule has 0 unspecified atom stereocenters. The maximum atomic E-state index is 12.6. The number of anilines is 1. The number of nitrogens with zero attached hydrogens (tertiary/aromatic N) is 1. The zero-order valence-electron chi connectivity index (χ0n) is 13.2. The van der Waals surface area contributed by atoms with Crippen LogP contribution in [-0.4, -0.2) is 27.0 Å². The molecule has 8 heteroatoms. The minimum atomic E-state index is -3.90. The fourth-order valence-electron chi connectivity index (χ4n) is 2.34. The largest absolute Gasteiger partial charge is 0.495 e. The first-order chi connectivity index (χ1) is 10.7. The average molecular weight is 337 g/mol. The normalized spacial score (nSPS) is 17.0. The molecule has 2 rings (SSSR count). The highest BCUT2D eigenvalue weighted by molar-refractivity contribution is 7.89. The third kappa shape index (κ3) is 3.81. The van der Waals surface area contributed by atoms with Crippen LogP contribution in [0.2, 0.25) is 0 Å². The van der Waals surface area contributed by atoms with Crippen molar-refractivity contribution in [2.45, 2.75) is 37.1 Å². The van der Waals surface area contributed by atoms with E-state index < -0.39 is 15.6 Å². The van der Waals surface area contributed by atoms with Crippen LogP contribution in [0.4, 0.5) is 5.69 Å². The first-order valence-corrected chi connectivity index (χ1v) is 8.61. The molecule has 2 N–H and O–H groups in total. The minimum Gasteiger partial charge on any atom is -0.495 e. The van der Waals surface area contributed by atoms with Gasteiger partial charge in [0, 0.05) is 6.92 Å². The summed E-state index contributed by atoms with van der Waals surface area (Å²) in [7, 11) is -2.47. The molecular weight excluding hydrogens is 318 g/mol. The molecule has 0 heterocycles. The van der Waals surface area contributed by atoms with Crippen LogP contribution >= 0.6 is 0 Å². The maximum absolute atomic E-state index is 12.6. The summed E-state index contributed by atoms with van der Waals surface area (Å²) in [6, 6.07) is 6.19. The number of methoxy groups -OCH3 is 1. The fourth-order valence-corrected chi connectivity index (χ4v) is 3.75. The highest BCUT2D eigenvalue weighted by Gasteiger charge is 2.44.